The first kappa shape index (κ1) is 23.9. The number of hydrogen-bond donors (Lipinski definition) is 1. The number of morpholine rings is 2. The molecule has 0 saturated carbocycles. The predicted molar refractivity (Wildman–Crippen MR) is 138 cm³/mol. The Morgan fingerprint density at radius 2 is 1.63 bits per heavy atom. The molecule has 2 aliphatic heterocycles. The number of nitrogens with zero attached hydrogens (tertiary/aromatic N) is 4. The van der Waals surface area contributed by atoms with E-state index in [2.05, 4.69) is 51.6 Å². The number of anilines is 3. The van der Waals surface area contributed by atoms with Crippen molar-refractivity contribution in [2.45, 2.75) is 21.7 Å². The summed E-state index contributed by atoms with van der Waals surface area (Å²) in [6, 6.07) is 16.5. The summed E-state index contributed by atoms with van der Waals surface area (Å²) >= 11 is 3.05. The monoisotopic (exact) mass is 509 g/mol. The molecule has 0 aliphatic carbocycles. The molecule has 3 heterocycles. The molecule has 3 aromatic rings. The molecule has 2 saturated heterocycles. The maximum Gasteiger partial charge on any atom is 0.258 e. The van der Waals surface area contributed by atoms with E-state index >= 15 is 0 Å². The summed E-state index contributed by atoms with van der Waals surface area (Å²) in [6.07, 6.45) is 1.84. The van der Waals surface area contributed by atoms with Crippen LogP contribution in [0.15, 0.2) is 69.5 Å². The Morgan fingerprint density at radius 3 is 2.37 bits per heavy atom. The maximum absolute atomic E-state index is 11.9. The van der Waals surface area contributed by atoms with Gasteiger partial charge in [0.05, 0.1) is 26.4 Å². The minimum atomic E-state index is 0.00655. The van der Waals surface area contributed by atoms with Gasteiger partial charge in [-0.05, 0) is 67.4 Å². The van der Waals surface area contributed by atoms with E-state index in [1.165, 1.54) is 17.6 Å². The number of rotatable bonds is 7. The van der Waals surface area contributed by atoms with Crippen LogP contribution in [-0.4, -0.2) is 66.2 Å². The Labute approximate surface area is 213 Å². The highest BCUT2D eigenvalue weighted by molar-refractivity contribution is 7.99. The van der Waals surface area contributed by atoms with Crippen molar-refractivity contribution in [3.05, 3.63) is 60.3 Å². The van der Waals surface area contributed by atoms with Crippen molar-refractivity contribution in [2.24, 2.45) is 0 Å². The molecule has 10 heteroatoms. The van der Waals surface area contributed by atoms with E-state index in [9.17, 15) is 4.79 Å². The van der Waals surface area contributed by atoms with Gasteiger partial charge in [-0.1, -0.05) is 11.8 Å². The molecule has 0 atom stereocenters. The first-order chi connectivity index (χ1) is 17.1. The Hall–Kier alpha value is -2.79. The molecule has 2 fully saturated rings. The van der Waals surface area contributed by atoms with Gasteiger partial charge in [0.25, 0.3) is 5.91 Å². The molecule has 1 N–H and O–H groups in total. The van der Waals surface area contributed by atoms with Gasteiger partial charge >= 0.3 is 0 Å². The van der Waals surface area contributed by atoms with Crippen molar-refractivity contribution in [1.82, 2.24) is 14.3 Å². The average Bonchev–Trinajstić information content (AvgIpc) is 2.89. The van der Waals surface area contributed by atoms with Crippen LogP contribution < -0.4 is 10.2 Å². The van der Waals surface area contributed by atoms with E-state index in [4.69, 9.17) is 14.5 Å². The van der Waals surface area contributed by atoms with Crippen molar-refractivity contribution in [3.63, 3.8) is 0 Å². The lowest BCUT2D eigenvalue weighted by Crippen LogP contribution is -2.36. The van der Waals surface area contributed by atoms with Crippen LogP contribution in [0.5, 0.6) is 0 Å². The molecule has 35 heavy (non-hydrogen) atoms. The maximum atomic E-state index is 11.9. The second kappa shape index (κ2) is 11.3. The normalized spacial score (nSPS) is 16.4. The average molecular weight is 510 g/mol. The number of carbonyl (C=O) groups excluding carboxylic acids is 1. The topological polar surface area (TPSA) is 79.8 Å². The summed E-state index contributed by atoms with van der Waals surface area (Å²) in [5.41, 5.74) is 3.15. The van der Waals surface area contributed by atoms with E-state index in [1.54, 1.807) is 16.1 Å². The van der Waals surface area contributed by atoms with Gasteiger partial charge in [0.15, 0.2) is 0 Å². The largest absolute Gasteiger partial charge is 0.378 e. The van der Waals surface area contributed by atoms with Gasteiger partial charge in [0, 0.05) is 46.0 Å². The molecule has 8 nitrogen and oxygen atoms in total. The van der Waals surface area contributed by atoms with Crippen LogP contribution in [0.1, 0.15) is 5.56 Å². The fourth-order valence-electron chi connectivity index (χ4n) is 3.70. The number of ether oxygens (including phenoxy) is 2. The summed E-state index contributed by atoms with van der Waals surface area (Å²) in [5.74, 6) is 0.572. The molecule has 5 rings (SSSR count). The standard InChI is InChI=1S/C25H27N5O3S2/c1-18-16-26-25(27-19-2-4-20(5-3-19)29-10-13-32-14-11-29)28-24(18)34-21-6-8-22(9-7-21)35-30-12-15-33-17-23(30)31/h2-9,16H,10-15,17H2,1H3,(H,26,27,28). The molecule has 0 unspecified atom stereocenters. The minimum absolute atomic E-state index is 0.00655. The third kappa shape index (κ3) is 6.26. The molecule has 0 bridgehead atoms. The van der Waals surface area contributed by atoms with E-state index in [0.29, 0.717) is 19.1 Å². The van der Waals surface area contributed by atoms with Crippen LogP contribution >= 0.6 is 23.7 Å². The third-order valence-corrected chi connectivity index (χ3v) is 7.83. The van der Waals surface area contributed by atoms with E-state index < -0.39 is 0 Å². The highest BCUT2D eigenvalue weighted by Crippen LogP contribution is 2.32. The molecule has 2 aromatic carbocycles. The zero-order valence-electron chi connectivity index (χ0n) is 19.5. The molecular weight excluding hydrogens is 482 g/mol. The lowest BCUT2D eigenvalue weighted by atomic mass is 10.2. The first-order valence-corrected chi connectivity index (χ1v) is 13.1. The van der Waals surface area contributed by atoms with E-state index in [-0.39, 0.29) is 12.5 Å². The van der Waals surface area contributed by atoms with Gasteiger partial charge in [-0.25, -0.2) is 9.97 Å². The second-order valence-electron chi connectivity index (χ2n) is 8.17. The fourth-order valence-corrected chi connectivity index (χ4v) is 5.38. The van der Waals surface area contributed by atoms with Crippen LogP contribution in [0.4, 0.5) is 17.3 Å². The van der Waals surface area contributed by atoms with Crippen LogP contribution in [0.25, 0.3) is 0 Å². The van der Waals surface area contributed by atoms with Gasteiger partial charge < -0.3 is 19.7 Å². The number of hydrogen-bond acceptors (Lipinski definition) is 9. The second-order valence-corrected chi connectivity index (χ2v) is 10.3. The fraction of sp³-hybridized carbons (Fsp3) is 0.320. The van der Waals surface area contributed by atoms with Gasteiger partial charge in [0.1, 0.15) is 11.6 Å². The highest BCUT2D eigenvalue weighted by atomic mass is 32.2. The summed E-state index contributed by atoms with van der Waals surface area (Å²) in [5, 5.41) is 4.22. The van der Waals surface area contributed by atoms with Crippen LogP contribution in [0.2, 0.25) is 0 Å². The number of benzene rings is 2. The van der Waals surface area contributed by atoms with Crippen molar-refractivity contribution < 1.29 is 14.3 Å². The minimum Gasteiger partial charge on any atom is -0.378 e. The third-order valence-electron chi connectivity index (χ3n) is 5.62. The predicted octanol–water partition coefficient (Wildman–Crippen LogP) is 4.38. The van der Waals surface area contributed by atoms with E-state index in [1.807, 2.05) is 25.3 Å². The summed E-state index contributed by atoms with van der Waals surface area (Å²) < 4.78 is 12.4. The molecule has 1 amide bonds. The van der Waals surface area contributed by atoms with Crippen molar-refractivity contribution in [1.29, 1.82) is 0 Å². The Morgan fingerprint density at radius 1 is 0.914 bits per heavy atom. The van der Waals surface area contributed by atoms with Crippen molar-refractivity contribution in [2.75, 3.05) is 56.3 Å². The highest BCUT2D eigenvalue weighted by Gasteiger charge is 2.19. The number of aromatic nitrogens is 2. The van der Waals surface area contributed by atoms with Crippen molar-refractivity contribution >= 4 is 46.9 Å². The number of carbonyl (C=O) groups is 1. The number of aryl methyl sites for hydroxylation is 1. The van der Waals surface area contributed by atoms with Gasteiger partial charge in [-0.15, -0.1) is 0 Å². The van der Waals surface area contributed by atoms with Gasteiger partial charge in [0.2, 0.25) is 5.95 Å². The van der Waals surface area contributed by atoms with Crippen LogP contribution in [-0.2, 0) is 14.3 Å². The zero-order valence-corrected chi connectivity index (χ0v) is 21.1. The van der Waals surface area contributed by atoms with E-state index in [0.717, 1.165) is 52.4 Å². The smallest absolute Gasteiger partial charge is 0.258 e. The summed E-state index contributed by atoms with van der Waals surface area (Å²) in [6.45, 7) is 6.72. The SMILES string of the molecule is Cc1cnc(Nc2ccc(N3CCOCC3)cc2)nc1Sc1ccc(SN2CCOCC2=O)cc1. The van der Waals surface area contributed by atoms with Crippen molar-refractivity contribution in [3.8, 4) is 0 Å². The first-order valence-electron chi connectivity index (χ1n) is 11.5. The molecule has 182 valence electrons. The zero-order chi connectivity index (χ0) is 24.0. The Kier molecular flexibility index (Phi) is 7.72. The quantitative estimate of drug-likeness (QED) is 0.369. The molecular formula is C25H27N5O3S2. The summed E-state index contributed by atoms with van der Waals surface area (Å²) in [4.78, 5) is 25.6. The lowest BCUT2D eigenvalue weighted by molar-refractivity contribution is -0.135. The summed E-state index contributed by atoms with van der Waals surface area (Å²) in [7, 11) is 0. The van der Waals surface area contributed by atoms with Gasteiger partial charge in [-0.2, -0.15) is 0 Å². The van der Waals surface area contributed by atoms with Crippen LogP contribution in [0, 0.1) is 6.92 Å². The lowest BCUT2D eigenvalue weighted by Gasteiger charge is -2.28. The number of nitrogens with one attached hydrogen (secondary N) is 1. The van der Waals surface area contributed by atoms with Gasteiger partial charge in [-0.3, -0.25) is 9.10 Å². The Bertz CT molecular complexity index is 1150. The molecule has 0 spiro atoms. The Balaban J connectivity index is 1.22. The number of amides is 1. The molecule has 1 aromatic heterocycles. The molecule has 0 radical (unpaired) electrons. The van der Waals surface area contributed by atoms with Crippen LogP contribution in [0.3, 0.4) is 0 Å². The molecule has 2 aliphatic rings.